The summed E-state index contributed by atoms with van der Waals surface area (Å²) in [6.07, 6.45) is 1.73. The van der Waals surface area contributed by atoms with Gasteiger partial charge in [-0.3, -0.25) is 9.78 Å². The second-order valence-electron chi connectivity index (χ2n) is 3.41. The molecule has 2 N–H and O–H groups in total. The van der Waals surface area contributed by atoms with Crippen molar-refractivity contribution in [2.24, 2.45) is 0 Å². The van der Waals surface area contributed by atoms with Crippen molar-refractivity contribution >= 4 is 34.3 Å². The van der Waals surface area contributed by atoms with Gasteiger partial charge in [0.2, 0.25) is 0 Å². The lowest BCUT2D eigenvalue weighted by Gasteiger charge is -2.07. The van der Waals surface area contributed by atoms with Crippen LogP contribution in [0.3, 0.4) is 0 Å². The van der Waals surface area contributed by atoms with Gasteiger partial charge in [-0.1, -0.05) is 0 Å². The molecule has 1 aromatic heterocycles. The highest BCUT2D eigenvalue weighted by atomic mass is 32.2. The number of thioether (sulfide) groups is 1. The lowest BCUT2D eigenvalue weighted by Crippen LogP contribution is -2.03. The molecule has 0 saturated carbocycles. The summed E-state index contributed by atoms with van der Waals surface area (Å²) < 4.78 is 4.59. The van der Waals surface area contributed by atoms with Crippen LogP contribution in [0, 0.1) is 0 Å². The molecule has 0 fully saturated rings. The molecule has 2 rings (SSSR count). The Morgan fingerprint density at radius 2 is 2.29 bits per heavy atom. The summed E-state index contributed by atoms with van der Waals surface area (Å²) in [6, 6.07) is 7.52. The molecular weight excluding hydrogens is 236 g/mol. The van der Waals surface area contributed by atoms with Gasteiger partial charge in [-0.05, 0) is 24.3 Å². The Balaban J connectivity index is 2.29. The first-order valence-electron chi connectivity index (χ1n) is 5.05. The van der Waals surface area contributed by atoms with Crippen LogP contribution < -0.4 is 5.73 Å². The maximum atomic E-state index is 11.1. The highest BCUT2D eigenvalue weighted by Crippen LogP contribution is 2.30. The number of nitrogen functional groups attached to an aromatic ring is 1. The highest BCUT2D eigenvalue weighted by Gasteiger charge is 2.08. The molecule has 17 heavy (non-hydrogen) atoms. The zero-order valence-corrected chi connectivity index (χ0v) is 10.2. The summed E-state index contributed by atoms with van der Waals surface area (Å²) in [5.74, 6) is -0.00684. The number of benzene rings is 1. The Kier molecular flexibility index (Phi) is 3.49. The van der Waals surface area contributed by atoms with E-state index >= 15 is 0 Å². The number of nitrogens with zero attached hydrogens (tertiary/aromatic N) is 1. The average molecular weight is 248 g/mol. The number of anilines is 1. The molecule has 0 spiro atoms. The van der Waals surface area contributed by atoms with Gasteiger partial charge in [0.15, 0.2) is 0 Å². The average Bonchev–Trinajstić information content (AvgIpc) is 2.38. The number of nitrogens with two attached hydrogens (primary N) is 1. The predicted octanol–water partition coefficient (Wildman–Crippen LogP) is 2.08. The molecule has 0 saturated heterocycles. The fourth-order valence-corrected chi connectivity index (χ4v) is 2.30. The third-order valence-electron chi connectivity index (χ3n) is 2.36. The fourth-order valence-electron chi connectivity index (χ4n) is 1.48. The maximum absolute atomic E-state index is 11.1. The summed E-state index contributed by atoms with van der Waals surface area (Å²) in [6.45, 7) is 0. The smallest absolute Gasteiger partial charge is 0.315 e. The number of carbonyl (C=O) groups excluding carboxylic acids is 1. The van der Waals surface area contributed by atoms with E-state index in [0.29, 0.717) is 5.69 Å². The molecule has 0 aliphatic carbocycles. The first kappa shape index (κ1) is 11.7. The topological polar surface area (TPSA) is 65.2 Å². The number of rotatable bonds is 3. The standard InChI is InChI=1S/C12H12N2O2S/c1-16-11(15)7-17-10-5-4-9-8(12(10)13)3-2-6-14-9/h2-6H,7,13H2,1H3. The van der Waals surface area contributed by atoms with Crippen molar-refractivity contribution in [3.05, 3.63) is 30.5 Å². The molecular formula is C12H12N2O2S. The van der Waals surface area contributed by atoms with Gasteiger partial charge in [0, 0.05) is 16.5 Å². The predicted molar refractivity (Wildman–Crippen MR) is 68.9 cm³/mol. The molecule has 2 aromatic rings. The number of pyridine rings is 1. The quantitative estimate of drug-likeness (QED) is 0.512. The van der Waals surface area contributed by atoms with Crippen molar-refractivity contribution in [2.75, 3.05) is 18.6 Å². The minimum absolute atomic E-state index is 0.256. The summed E-state index contributed by atoms with van der Waals surface area (Å²) in [5.41, 5.74) is 7.54. The second-order valence-corrected chi connectivity index (χ2v) is 4.43. The van der Waals surface area contributed by atoms with Gasteiger partial charge >= 0.3 is 5.97 Å². The van der Waals surface area contributed by atoms with Crippen LogP contribution in [0.15, 0.2) is 35.4 Å². The van der Waals surface area contributed by atoms with Crippen LogP contribution in [0.25, 0.3) is 10.9 Å². The molecule has 1 heterocycles. The van der Waals surface area contributed by atoms with E-state index in [2.05, 4.69) is 9.72 Å². The van der Waals surface area contributed by atoms with Crippen LogP contribution in [-0.4, -0.2) is 23.8 Å². The van der Waals surface area contributed by atoms with Crippen molar-refractivity contribution in [3.8, 4) is 0 Å². The lowest BCUT2D eigenvalue weighted by molar-refractivity contribution is -0.137. The summed E-state index contributed by atoms with van der Waals surface area (Å²) >= 11 is 1.37. The van der Waals surface area contributed by atoms with E-state index in [9.17, 15) is 4.79 Å². The Bertz CT molecular complexity index is 557. The number of methoxy groups -OCH3 is 1. The van der Waals surface area contributed by atoms with Gasteiger partial charge in [0.1, 0.15) is 0 Å². The van der Waals surface area contributed by atoms with Crippen molar-refractivity contribution < 1.29 is 9.53 Å². The first-order chi connectivity index (χ1) is 8.22. The van der Waals surface area contributed by atoms with E-state index < -0.39 is 0 Å². The van der Waals surface area contributed by atoms with E-state index in [1.807, 2.05) is 24.3 Å². The normalized spacial score (nSPS) is 10.4. The van der Waals surface area contributed by atoms with Crippen LogP contribution in [0.5, 0.6) is 0 Å². The molecule has 0 amide bonds. The van der Waals surface area contributed by atoms with Gasteiger partial charge in [-0.2, -0.15) is 0 Å². The minimum atomic E-state index is -0.263. The fraction of sp³-hybridized carbons (Fsp3) is 0.167. The highest BCUT2D eigenvalue weighted by molar-refractivity contribution is 8.00. The van der Waals surface area contributed by atoms with Crippen molar-refractivity contribution in [2.45, 2.75) is 4.90 Å². The Hall–Kier alpha value is -1.75. The molecule has 1 aromatic carbocycles. The zero-order chi connectivity index (χ0) is 12.3. The number of ether oxygens (including phenoxy) is 1. The summed E-state index contributed by atoms with van der Waals surface area (Å²) in [5, 5.41) is 0.905. The largest absolute Gasteiger partial charge is 0.468 e. The molecule has 0 atom stereocenters. The minimum Gasteiger partial charge on any atom is -0.468 e. The van der Waals surface area contributed by atoms with E-state index in [0.717, 1.165) is 15.8 Å². The number of esters is 1. The molecule has 0 aliphatic rings. The lowest BCUT2D eigenvalue weighted by atomic mass is 10.2. The van der Waals surface area contributed by atoms with E-state index in [4.69, 9.17) is 5.73 Å². The third kappa shape index (κ3) is 2.50. The van der Waals surface area contributed by atoms with Crippen molar-refractivity contribution in [1.29, 1.82) is 0 Å². The van der Waals surface area contributed by atoms with Gasteiger partial charge in [0.05, 0.1) is 24.1 Å². The summed E-state index contributed by atoms with van der Waals surface area (Å²) in [4.78, 5) is 16.1. The number of carbonyl (C=O) groups is 1. The van der Waals surface area contributed by atoms with Gasteiger partial charge in [-0.15, -0.1) is 11.8 Å². The van der Waals surface area contributed by atoms with Crippen LogP contribution in [0.4, 0.5) is 5.69 Å². The molecule has 0 aliphatic heterocycles. The van der Waals surface area contributed by atoms with Crippen LogP contribution in [0.1, 0.15) is 0 Å². The van der Waals surface area contributed by atoms with Crippen molar-refractivity contribution in [3.63, 3.8) is 0 Å². The molecule has 0 radical (unpaired) electrons. The van der Waals surface area contributed by atoms with E-state index in [1.54, 1.807) is 6.20 Å². The monoisotopic (exact) mass is 248 g/mol. The summed E-state index contributed by atoms with van der Waals surface area (Å²) in [7, 11) is 1.37. The molecule has 0 bridgehead atoms. The van der Waals surface area contributed by atoms with E-state index in [-0.39, 0.29) is 11.7 Å². The maximum Gasteiger partial charge on any atom is 0.315 e. The van der Waals surface area contributed by atoms with Crippen LogP contribution in [0.2, 0.25) is 0 Å². The molecule has 0 unspecified atom stereocenters. The molecule has 88 valence electrons. The molecule has 4 nitrogen and oxygen atoms in total. The second kappa shape index (κ2) is 5.05. The van der Waals surface area contributed by atoms with Gasteiger partial charge in [-0.25, -0.2) is 0 Å². The Morgan fingerprint density at radius 1 is 1.47 bits per heavy atom. The number of fused-ring (bicyclic) bond motifs is 1. The van der Waals surface area contributed by atoms with Crippen LogP contribution in [-0.2, 0) is 9.53 Å². The van der Waals surface area contributed by atoms with Crippen LogP contribution >= 0.6 is 11.8 Å². The first-order valence-corrected chi connectivity index (χ1v) is 6.03. The zero-order valence-electron chi connectivity index (χ0n) is 9.34. The Labute approximate surface area is 103 Å². The number of hydrogen-bond acceptors (Lipinski definition) is 5. The third-order valence-corrected chi connectivity index (χ3v) is 3.41. The number of aromatic nitrogens is 1. The SMILES string of the molecule is COC(=O)CSc1ccc2ncccc2c1N. The Morgan fingerprint density at radius 3 is 3.06 bits per heavy atom. The number of hydrogen-bond donors (Lipinski definition) is 1. The van der Waals surface area contributed by atoms with Crippen molar-refractivity contribution in [1.82, 2.24) is 4.98 Å². The van der Waals surface area contributed by atoms with Gasteiger partial charge in [0.25, 0.3) is 0 Å². The van der Waals surface area contributed by atoms with E-state index in [1.165, 1.54) is 18.9 Å². The molecule has 5 heteroatoms. The van der Waals surface area contributed by atoms with Gasteiger partial charge < -0.3 is 10.5 Å².